The van der Waals surface area contributed by atoms with Crippen LogP contribution in [0.15, 0.2) is 24.3 Å². The SMILES string of the molecule is CCCCCCCCCCCCCCCCC(Cc1ccc([N+](=O)[O-])cc1)C(C)(C)N.Cl. The zero-order valence-corrected chi connectivity index (χ0v) is 21.8. The highest BCUT2D eigenvalue weighted by Gasteiger charge is 2.25. The van der Waals surface area contributed by atoms with E-state index in [1.54, 1.807) is 12.1 Å². The zero-order valence-electron chi connectivity index (χ0n) is 20.9. The van der Waals surface area contributed by atoms with Gasteiger partial charge in [-0.1, -0.05) is 109 Å². The quantitative estimate of drug-likeness (QED) is 0.125. The zero-order chi connectivity index (χ0) is 23.0. The molecule has 1 unspecified atom stereocenters. The summed E-state index contributed by atoms with van der Waals surface area (Å²) in [5.41, 5.74) is 7.50. The molecule has 0 saturated heterocycles. The van der Waals surface area contributed by atoms with Crippen molar-refractivity contribution in [2.75, 3.05) is 0 Å². The molecule has 5 heteroatoms. The second-order valence-corrected chi connectivity index (χ2v) is 10.0. The molecular formula is C27H49ClN2O2. The molecule has 1 aromatic rings. The van der Waals surface area contributed by atoms with Crippen molar-refractivity contribution < 1.29 is 4.92 Å². The third-order valence-electron chi connectivity index (χ3n) is 6.59. The fourth-order valence-electron chi connectivity index (χ4n) is 4.36. The molecule has 1 rings (SSSR count). The van der Waals surface area contributed by atoms with Crippen LogP contribution in [0.25, 0.3) is 0 Å². The summed E-state index contributed by atoms with van der Waals surface area (Å²) in [5.74, 6) is 0.395. The smallest absolute Gasteiger partial charge is 0.269 e. The Bertz CT molecular complexity index is 584. The average molecular weight is 469 g/mol. The lowest BCUT2D eigenvalue weighted by molar-refractivity contribution is -0.384. The van der Waals surface area contributed by atoms with E-state index in [1.807, 2.05) is 12.1 Å². The monoisotopic (exact) mass is 468 g/mol. The van der Waals surface area contributed by atoms with Gasteiger partial charge in [0.25, 0.3) is 5.69 Å². The second kappa shape index (κ2) is 18.3. The summed E-state index contributed by atoms with van der Waals surface area (Å²) < 4.78 is 0. The number of benzene rings is 1. The summed E-state index contributed by atoms with van der Waals surface area (Å²) in [6.07, 6.45) is 21.2. The minimum absolute atomic E-state index is 0. The number of non-ortho nitro benzene ring substituents is 1. The standard InChI is InChI=1S/C27H48N2O2.ClH/c1-4-5-6-7-8-9-10-11-12-13-14-15-16-17-18-25(27(2,3)28)23-24-19-21-26(22-20-24)29(30)31;/h19-22,25H,4-18,23,28H2,1-3H3;1H. The van der Waals surface area contributed by atoms with Gasteiger partial charge in [0.2, 0.25) is 0 Å². The normalized spacial score (nSPS) is 12.4. The van der Waals surface area contributed by atoms with Crippen LogP contribution in [0.5, 0.6) is 0 Å². The molecule has 0 aromatic heterocycles. The van der Waals surface area contributed by atoms with E-state index in [0.29, 0.717) is 5.92 Å². The molecule has 4 nitrogen and oxygen atoms in total. The maximum atomic E-state index is 10.8. The molecule has 32 heavy (non-hydrogen) atoms. The summed E-state index contributed by atoms with van der Waals surface area (Å²) in [6, 6.07) is 6.95. The number of halogens is 1. The largest absolute Gasteiger partial charge is 0.325 e. The van der Waals surface area contributed by atoms with E-state index in [0.717, 1.165) is 18.4 Å². The number of nitrogens with zero attached hydrogens (tertiary/aromatic N) is 1. The van der Waals surface area contributed by atoms with Crippen LogP contribution >= 0.6 is 12.4 Å². The van der Waals surface area contributed by atoms with Crippen LogP contribution in [0.1, 0.15) is 123 Å². The van der Waals surface area contributed by atoms with Crippen molar-refractivity contribution in [3.8, 4) is 0 Å². The number of unbranched alkanes of at least 4 members (excludes halogenated alkanes) is 13. The molecule has 0 radical (unpaired) electrons. The average Bonchev–Trinajstić information content (AvgIpc) is 2.72. The predicted molar refractivity (Wildman–Crippen MR) is 141 cm³/mol. The molecule has 0 heterocycles. The molecule has 0 amide bonds. The van der Waals surface area contributed by atoms with Gasteiger partial charge >= 0.3 is 0 Å². The van der Waals surface area contributed by atoms with Crippen LogP contribution in [0, 0.1) is 16.0 Å². The van der Waals surface area contributed by atoms with Gasteiger partial charge in [0.1, 0.15) is 0 Å². The summed E-state index contributed by atoms with van der Waals surface area (Å²) in [7, 11) is 0. The van der Waals surface area contributed by atoms with Gasteiger partial charge in [-0.05, 0) is 38.2 Å². The molecule has 1 atom stereocenters. The third kappa shape index (κ3) is 14.8. The third-order valence-corrected chi connectivity index (χ3v) is 6.59. The van der Waals surface area contributed by atoms with Crippen LogP contribution in [-0.4, -0.2) is 10.5 Å². The second-order valence-electron chi connectivity index (χ2n) is 10.0. The maximum Gasteiger partial charge on any atom is 0.269 e. The number of hydrogen-bond acceptors (Lipinski definition) is 3. The van der Waals surface area contributed by atoms with Crippen molar-refractivity contribution in [3.63, 3.8) is 0 Å². The van der Waals surface area contributed by atoms with E-state index >= 15 is 0 Å². The topological polar surface area (TPSA) is 69.2 Å². The first-order valence-electron chi connectivity index (χ1n) is 12.9. The Kier molecular flexibility index (Phi) is 17.7. The van der Waals surface area contributed by atoms with Crippen LogP contribution < -0.4 is 5.73 Å². The van der Waals surface area contributed by atoms with Crippen molar-refractivity contribution >= 4 is 18.1 Å². The number of nitro benzene ring substituents is 1. The summed E-state index contributed by atoms with van der Waals surface area (Å²) in [6.45, 7) is 6.49. The first kappa shape index (κ1) is 30.9. The highest BCUT2D eigenvalue weighted by atomic mass is 35.5. The van der Waals surface area contributed by atoms with Crippen LogP contribution in [0.2, 0.25) is 0 Å². The lowest BCUT2D eigenvalue weighted by Crippen LogP contribution is -2.42. The van der Waals surface area contributed by atoms with Crippen molar-refractivity contribution in [1.82, 2.24) is 0 Å². The Morgan fingerprint density at radius 2 is 1.22 bits per heavy atom. The van der Waals surface area contributed by atoms with Gasteiger partial charge in [0.05, 0.1) is 4.92 Å². The fraction of sp³-hybridized carbons (Fsp3) is 0.778. The Labute approximate surface area is 203 Å². The Morgan fingerprint density at radius 1 is 0.812 bits per heavy atom. The molecule has 0 bridgehead atoms. The first-order valence-corrected chi connectivity index (χ1v) is 12.9. The van der Waals surface area contributed by atoms with Crippen LogP contribution in [-0.2, 0) is 6.42 Å². The Balaban J connectivity index is 0.00000961. The van der Waals surface area contributed by atoms with Crippen molar-refractivity contribution in [2.24, 2.45) is 11.7 Å². The molecule has 1 aromatic carbocycles. The number of rotatable bonds is 19. The van der Waals surface area contributed by atoms with Gasteiger partial charge < -0.3 is 5.73 Å². The predicted octanol–water partition coefficient (Wildman–Crippen LogP) is 8.78. The van der Waals surface area contributed by atoms with Gasteiger partial charge in [-0.3, -0.25) is 10.1 Å². The van der Waals surface area contributed by atoms with Crippen molar-refractivity contribution in [1.29, 1.82) is 0 Å². The maximum absolute atomic E-state index is 10.8. The van der Waals surface area contributed by atoms with Gasteiger partial charge in [0, 0.05) is 17.7 Å². The van der Waals surface area contributed by atoms with E-state index in [9.17, 15) is 10.1 Å². The first-order chi connectivity index (χ1) is 14.8. The highest BCUT2D eigenvalue weighted by Crippen LogP contribution is 2.26. The van der Waals surface area contributed by atoms with Crippen molar-refractivity contribution in [2.45, 2.75) is 129 Å². The van der Waals surface area contributed by atoms with E-state index in [4.69, 9.17) is 5.73 Å². The minimum Gasteiger partial charge on any atom is -0.325 e. The molecule has 0 fully saturated rings. The number of hydrogen-bond donors (Lipinski definition) is 1. The van der Waals surface area contributed by atoms with Gasteiger partial charge in [0.15, 0.2) is 0 Å². The van der Waals surface area contributed by atoms with Crippen LogP contribution in [0.4, 0.5) is 5.69 Å². The molecule has 2 N–H and O–H groups in total. The molecule has 186 valence electrons. The molecule has 0 spiro atoms. The van der Waals surface area contributed by atoms with Gasteiger partial charge in [-0.25, -0.2) is 0 Å². The lowest BCUT2D eigenvalue weighted by Gasteiger charge is -2.31. The Morgan fingerprint density at radius 3 is 1.59 bits per heavy atom. The summed E-state index contributed by atoms with van der Waals surface area (Å²) >= 11 is 0. The van der Waals surface area contributed by atoms with Gasteiger partial charge in [-0.2, -0.15) is 0 Å². The molecule has 0 aliphatic heterocycles. The molecule has 0 aliphatic rings. The molecule has 0 aliphatic carbocycles. The van der Waals surface area contributed by atoms with Crippen LogP contribution in [0.3, 0.4) is 0 Å². The van der Waals surface area contributed by atoms with E-state index in [1.165, 1.54) is 89.9 Å². The lowest BCUT2D eigenvalue weighted by atomic mass is 9.80. The number of nitro groups is 1. The highest BCUT2D eigenvalue weighted by molar-refractivity contribution is 5.85. The molecule has 0 saturated carbocycles. The van der Waals surface area contributed by atoms with E-state index in [2.05, 4.69) is 20.8 Å². The Hall–Kier alpha value is -1.13. The summed E-state index contributed by atoms with van der Waals surface area (Å²) in [5, 5.41) is 10.8. The summed E-state index contributed by atoms with van der Waals surface area (Å²) in [4.78, 5) is 10.5. The number of nitrogens with two attached hydrogens (primary N) is 1. The minimum atomic E-state index is -0.344. The fourth-order valence-corrected chi connectivity index (χ4v) is 4.36. The molecular weight excluding hydrogens is 420 g/mol. The van der Waals surface area contributed by atoms with E-state index < -0.39 is 0 Å². The van der Waals surface area contributed by atoms with E-state index in [-0.39, 0.29) is 28.6 Å². The van der Waals surface area contributed by atoms with Crippen molar-refractivity contribution in [3.05, 3.63) is 39.9 Å². The van der Waals surface area contributed by atoms with Gasteiger partial charge in [-0.15, -0.1) is 12.4 Å².